The number of nitrogens with zero attached hydrogens (tertiary/aromatic N) is 2. The minimum atomic E-state index is -0.957. The van der Waals surface area contributed by atoms with Crippen LogP contribution in [-0.4, -0.2) is 51.8 Å². The number of nitrogens with two attached hydrogens (primary N) is 1. The predicted octanol–water partition coefficient (Wildman–Crippen LogP) is 3.15. The van der Waals surface area contributed by atoms with Crippen LogP contribution in [0, 0.1) is 0 Å². The Morgan fingerprint density at radius 3 is 2.52 bits per heavy atom. The molecule has 0 spiro atoms. The Morgan fingerprint density at radius 1 is 1.32 bits per heavy atom. The number of benzene rings is 1. The number of ether oxygens (including phenoxy) is 1. The minimum Gasteiger partial charge on any atom is -0.465 e. The third-order valence-electron chi connectivity index (χ3n) is 4.07. The van der Waals surface area contributed by atoms with Gasteiger partial charge in [0.15, 0.2) is 0 Å². The van der Waals surface area contributed by atoms with Gasteiger partial charge < -0.3 is 20.5 Å². The lowest BCUT2D eigenvalue weighted by molar-refractivity contribution is 0.00443. The lowest BCUT2D eigenvalue weighted by atomic mass is 10.0. The first-order valence-electron chi connectivity index (χ1n) is 8.47. The number of rotatable bonds is 3. The van der Waals surface area contributed by atoms with E-state index in [0.717, 1.165) is 18.4 Å². The predicted molar refractivity (Wildman–Crippen MR) is 95.3 cm³/mol. The van der Waals surface area contributed by atoms with Gasteiger partial charge in [0.1, 0.15) is 5.60 Å². The molecule has 1 heterocycles. The first-order valence-corrected chi connectivity index (χ1v) is 8.47. The molecule has 7 nitrogen and oxygen atoms in total. The van der Waals surface area contributed by atoms with E-state index in [0.29, 0.717) is 25.3 Å². The summed E-state index contributed by atoms with van der Waals surface area (Å²) in [6.07, 6.45) is 0.0820. The molecular formula is C18H27N3O4. The second-order valence-corrected chi connectivity index (χ2v) is 7.37. The smallest absolute Gasteiger partial charge is 0.410 e. The van der Waals surface area contributed by atoms with Crippen molar-refractivity contribution in [3.63, 3.8) is 0 Å². The Kier molecular flexibility index (Phi) is 5.77. The molecule has 1 saturated heterocycles. The van der Waals surface area contributed by atoms with Gasteiger partial charge in [-0.05, 0) is 51.3 Å². The second kappa shape index (κ2) is 7.63. The molecule has 7 heteroatoms. The Hall–Kier alpha value is -2.44. The van der Waals surface area contributed by atoms with Gasteiger partial charge in [-0.3, -0.25) is 4.90 Å². The number of amides is 2. The van der Waals surface area contributed by atoms with Crippen molar-refractivity contribution in [2.75, 3.05) is 18.8 Å². The number of carbonyl (C=O) groups is 2. The third kappa shape index (κ3) is 5.55. The van der Waals surface area contributed by atoms with E-state index in [1.807, 2.05) is 32.9 Å². The highest BCUT2D eigenvalue weighted by Gasteiger charge is 2.33. The van der Waals surface area contributed by atoms with Gasteiger partial charge in [-0.2, -0.15) is 0 Å². The van der Waals surface area contributed by atoms with Crippen LogP contribution in [0.5, 0.6) is 0 Å². The van der Waals surface area contributed by atoms with Crippen LogP contribution in [0.3, 0.4) is 0 Å². The average Bonchev–Trinajstić information content (AvgIpc) is 2.52. The third-order valence-corrected chi connectivity index (χ3v) is 4.07. The molecule has 0 aliphatic carbocycles. The fraction of sp³-hybridized carbons (Fsp3) is 0.556. The lowest BCUT2D eigenvalue weighted by Crippen LogP contribution is -2.52. The summed E-state index contributed by atoms with van der Waals surface area (Å²) in [5.41, 5.74) is 6.68. The zero-order valence-electron chi connectivity index (χ0n) is 15.1. The number of piperidine rings is 1. The molecule has 2 amide bonds. The van der Waals surface area contributed by atoms with Crippen molar-refractivity contribution < 1.29 is 19.4 Å². The van der Waals surface area contributed by atoms with Gasteiger partial charge in [0.25, 0.3) is 0 Å². The number of carboxylic acid groups (broad SMARTS) is 1. The first kappa shape index (κ1) is 18.9. The lowest BCUT2D eigenvalue weighted by Gasteiger charge is -2.39. The van der Waals surface area contributed by atoms with Gasteiger partial charge in [0.05, 0.1) is 6.04 Å². The normalized spacial score (nSPS) is 17.9. The molecule has 1 atom stereocenters. The van der Waals surface area contributed by atoms with Gasteiger partial charge >= 0.3 is 12.2 Å². The van der Waals surface area contributed by atoms with E-state index >= 15 is 0 Å². The molecule has 1 aliphatic heterocycles. The summed E-state index contributed by atoms with van der Waals surface area (Å²) in [4.78, 5) is 27.0. The number of hydrogen-bond donors (Lipinski definition) is 2. The van der Waals surface area contributed by atoms with Crippen molar-refractivity contribution in [3.05, 3.63) is 29.8 Å². The van der Waals surface area contributed by atoms with Crippen molar-refractivity contribution in [1.82, 2.24) is 9.80 Å². The highest BCUT2D eigenvalue weighted by atomic mass is 16.6. The Balaban J connectivity index is 2.20. The number of anilines is 1. The summed E-state index contributed by atoms with van der Waals surface area (Å²) >= 11 is 0. The molecule has 2 rings (SSSR count). The molecule has 1 aromatic carbocycles. The van der Waals surface area contributed by atoms with E-state index in [2.05, 4.69) is 0 Å². The second-order valence-electron chi connectivity index (χ2n) is 7.37. The summed E-state index contributed by atoms with van der Waals surface area (Å²) in [5, 5.41) is 9.26. The van der Waals surface area contributed by atoms with Crippen molar-refractivity contribution in [2.24, 2.45) is 0 Å². The number of carbonyl (C=O) groups excluding carboxylic acids is 1. The van der Waals surface area contributed by atoms with Crippen molar-refractivity contribution in [2.45, 2.75) is 51.8 Å². The molecule has 138 valence electrons. The van der Waals surface area contributed by atoms with Gasteiger partial charge in [0, 0.05) is 25.3 Å². The van der Waals surface area contributed by atoms with Crippen LogP contribution in [0.2, 0.25) is 0 Å². The van der Waals surface area contributed by atoms with Crippen LogP contribution >= 0.6 is 0 Å². The molecule has 3 N–H and O–H groups in total. The maximum atomic E-state index is 12.7. The molecular weight excluding hydrogens is 322 g/mol. The van der Waals surface area contributed by atoms with Crippen molar-refractivity contribution in [3.8, 4) is 0 Å². The van der Waals surface area contributed by atoms with Gasteiger partial charge in [-0.1, -0.05) is 12.1 Å². The molecule has 1 aromatic rings. The van der Waals surface area contributed by atoms with Crippen molar-refractivity contribution >= 4 is 17.9 Å². The van der Waals surface area contributed by atoms with Gasteiger partial charge in [-0.15, -0.1) is 0 Å². The number of likely N-dealkylation sites (tertiary alicyclic amines) is 1. The van der Waals surface area contributed by atoms with Crippen LogP contribution in [0.15, 0.2) is 24.3 Å². The topological polar surface area (TPSA) is 96.1 Å². The molecule has 1 fully saturated rings. The van der Waals surface area contributed by atoms with Crippen molar-refractivity contribution in [1.29, 1.82) is 0 Å². The molecule has 1 aliphatic rings. The van der Waals surface area contributed by atoms with Gasteiger partial charge in [0.2, 0.25) is 0 Å². The summed E-state index contributed by atoms with van der Waals surface area (Å²) < 4.78 is 5.54. The summed E-state index contributed by atoms with van der Waals surface area (Å²) in [7, 11) is 0. The molecule has 0 aromatic heterocycles. The summed E-state index contributed by atoms with van der Waals surface area (Å²) in [6, 6.07) is 7.09. The maximum Gasteiger partial charge on any atom is 0.410 e. The quantitative estimate of drug-likeness (QED) is 0.817. The largest absolute Gasteiger partial charge is 0.465 e. The van der Waals surface area contributed by atoms with E-state index in [9.17, 15) is 14.7 Å². The summed E-state index contributed by atoms with van der Waals surface area (Å²) in [5.74, 6) is 0. The molecule has 0 radical (unpaired) electrons. The van der Waals surface area contributed by atoms with Crippen LogP contribution < -0.4 is 5.73 Å². The molecule has 0 saturated carbocycles. The number of hydrogen-bond acceptors (Lipinski definition) is 4. The fourth-order valence-corrected chi connectivity index (χ4v) is 2.87. The van der Waals surface area contributed by atoms with E-state index in [-0.39, 0.29) is 6.04 Å². The average molecular weight is 349 g/mol. The van der Waals surface area contributed by atoms with Crippen LogP contribution in [0.25, 0.3) is 0 Å². The van der Waals surface area contributed by atoms with Gasteiger partial charge in [-0.25, -0.2) is 9.59 Å². The van der Waals surface area contributed by atoms with Crippen LogP contribution in [-0.2, 0) is 11.3 Å². The maximum absolute atomic E-state index is 12.7. The zero-order valence-corrected chi connectivity index (χ0v) is 15.1. The van der Waals surface area contributed by atoms with Crippen LogP contribution in [0.4, 0.5) is 15.3 Å². The van der Waals surface area contributed by atoms with E-state index in [1.165, 1.54) is 4.90 Å². The molecule has 1 unspecified atom stereocenters. The Bertz CT molecular complexity index is 610. The van der Waals surface area contributed by atoms with E-state index in [4.69, 9.17) is 10.5 Å². The minimum absolute atomic E-state index is 0.211. The SMILES string of the molecule is CC(C)(C)OC(=O)N(Cc1ccc(N)cc1)C1CCCN(C(=O)O)C1. The first-order chi connectivity index (χ1) is 11.7. The summed E-state index contributed by atoms with van der Waals surface area (Å²) in [6.45, 7) is 6.59. The number of nitrogen functional groups attached to an aromatic ring is 1. The van der Waals surface area contributed by atoms with E-state index < -0.39 is 17.8 Å². The zero-order chi connectivity index (χ0) is 18.6. The Labute approximate surface area is 148 Å². The fourth-order valence-electron chi connectivity index (χ4n) is 2.87. The standard InChI is InChI=1S/C18H27N3O4/c1-18(2,3)25-17(24)21(11-13-6-8-14(19)9-7-13)15-5-4-10-20(12-15)16(22)23/h6-9,15H,4-5,10-12,19H2,1-3H3,(H,22,23). The van der Waals surface area contributed by atoms with E-state index in [1.54, 1.807) is 17.0 Å². The van der Waals surface area contributed by atoms with Crippen LogP contribution in [0.1, 0.15) is 39.2 Å². The Morgan fingerprint density at radius 2 is 1.96 bits per heavy atom. The highest BCUT2D eigenvalue weighted by Crippen LogP contribution is 2.22. The monoisotopic (exact) mass is 349 g/mol. The highest BCUT2D eigenvalue weighted by molar-refractivity contribution is 5.69. The molecule has 0 bridgehead atoms. The molecule has 25 heavy (non-hydrogen) atoms.